The fraction of sp³-hybridized carbons (Fsp3) is 0.211. The zero-order valence-corrected chi connectivity index (χ0v) is 13.8. The van der Waals surface area contributed by atoms with Crippen molar-refractivity contribution in [2.75, 3.05) is 20.8 Å². The number of ether oxygens (including phenoxy) is 3. The van der Waals surface area contributed by atoms with E-state index in [9.17, 15) is 0 Å². The van der Waals surface area contributed by atoms with Gasteiger partial charge in [0.2, 0.25) is 0 Å². The third kappa shape index (κ3) is 4.96. The van der Waals surface area contributed by atoms with E-state index in [2.05, 4.69) is 16.4 Å². The molecule has 0 spiro atoms. The summed E-state index contributed by atoms with van der Waals surface area (Å²) in [5.41, 5.74) is 5.01. The van der Waals surface area contributed by atoms with Gasteiger partial charge in [0.15, 0.2) is 11.5 Å². The first-order valence-corrected chi connectivity index (χ1v) is 7.40. The van der Waals surface area contributed by atoms with E-state index >= 15 is 0 Å². The minimum Gasteiger partial charge on any atom is -0.493 e. The largest absolute Gasteiger partial charge is 0.493 e. The van der Waals surface area contributed by atoms with Gasteiger partial charge in [-0.3, -0.25) is 0 Å². The molecule has 0 saturated carbocycles. The molecule has 124 valence electrons. The molecule has 0 unspecified atom stereocenters. The number of nitrogens with one attached hydrogen (secondary N) is 1. The van der Waals surface area contributed by atoms with Crippen LogP contribution in [0.2, 0.25) is 0 Å². The first-order valence-electron chi connectivity index (χ1n) is 7.40. The average molecular weight is 324 g/mol. The molecule has 2 rings (SSSR count). The van der Waals surface area contributed by atoms with Crippen LogP contribution in [0.4, 0.5) is 0 Å². The summed E-state index contributed by atoms with van der Waals surface area (Å²) >= 11 is 0. The number of hydrazone groups is 1. The lowest BCUT2D eigenvalue weighted by molar-refractivity contribution is 0.354. The van der Waals surface area contributed by atoms with Gasteiger partial charge < -0.3 is 19.6 Å². The Kier molecular flexibility index (Phi) is 6.54. The van der Waals surface area contributed by atoms with Crippen LogP contribution in [0.5, 0.6) is 17.2 Å². The molecule has 0 amide bonds. The van der Waals surface area contributed by atoms with Crippen LogP contribution in [-0.2, 0) is 6.54 Å². The van der Waals surface area contributed by atoms with Crippen LogP contribution < -0.4 is 19.6 Å². The first-order chi connectivity index (χ1) is 11.8. The van der Waals surface area contributed by atoms with E-state index in [1.807, 2.05) is 42.5 Å². The Balaban J connectivity index is 1.87. The number of rotatable bonds is 8. The maximum atomic E-state index is 5.32. The maximum absolute atomic E-state index is 5.32. The highest BCUT2D eigenvalue weighted by atomic mass is 16.5. The van der Waals surface area contributed by atoms with Gasteiger partial charge in [0, 0.05) is 0 Å². The van der Waals surface area contributed by atoms with E-state index in [-0.39, 0.29) is 6.61 Å². The highest BCUT2D eigenvalue weighted by Crippen LogP contribution is 2.27. The van der Waals surface area contributed by atoms with Gasteiger partial charge in [-0.2, -0.15) is 5.10 Å². The summed E-state index contributed by atoms with van der Waals surface area (Å²) in [4.78, 5) is 0. The molecule has 0 atom stereocenters. The van der Waals surface area contributed by atoms with Gasteiger partial charge in [-0.25, -0.2) is 0 Å². The summed E-state index contributed by atoms with van der Waals surface area (Å²) in [7, 11) is 3.23. The number of hydrogen-bond acceptors (Lipinski definition) is 5. The number of methoxy groups -OCH3 is 2. The second-order valence-corrected chi connectivity index (χ2v) is 4.84. The molecule has 0 heterocycles. The van der Waals surface area contributed by atoms with Crippen molar-refractivity contribution in [2.24, 2.45) is 5.10 Å². The van der Waals surface area contributed by atoms with Crippen molar-refractivity contribution in [3.63, 3.8) is 0 Å². The smallest absolute Gasteiger partial charge is 0.161 e. The molecule has 0 aliphatic rings. The molecule has 5 nitrogen and oxygen atoms in total. The number of nitrogens with zero attached hydrogens (tertiary/aromatic N) is 1. The Hall–Kier alpha value is -3.13. The van der Waals surface area contributed by atoms with Crippen LogP contribution in [0.1, 0.15) is 11.1 Å². The van der Waals surface area contributed by atoms with Gasteiger partial charge in [0.1, 0.15) is 12.4 Å². The molecular weight excluding hydrogens is 304 g/mol. The molecule has 1 N–H and O–H groups in total. The molecule has 5 heteroatoms. The fourth-order valence-electron chi connectivity index (χ4n) is 2.02. The second kappa shape index (κ2) is 9.11. The predicted octanol–water partition coefficient (Wildman–Crippen LogP) is 2.84. The summed E-state index contributed by atoms with van der Waals surface area (Å²) in [5.74, 6) is 4.57. The Morgan fingerprint density at radius 2 is 1.83 bits per heavy atom. The van der Waals surface area contributed by atoms with E-state index in [1.165, 1.54) is 0 Å². The Bertz CT molecular complexity index is 718. The van der Waals surface area contributed by atoms with E-state index in [0.717, 1.165) is 16.9 Å². The van der Waals surface area contributed by atoms with Crippen molar-refractivity contribution in [3.8, 4) is 29.6 Å². The quantitative estimate of drug-likeness (QED) is 0.461. The summed E-state index contributed by atoms with van der Waals surface area (Å²) in [6, 6.07) is 13.3. The summed E-state index contributed by atoms with van der Waals surface area (Å²) < 4.78 is 15.8. The molecule has 0 fully saturated rings. The second-order valence-electron chi connectivity index (χ2n) is 4.84. The van der Waals surface area contributed by atoms with E-state index in [0.29, 0.717) is 18.0 Å². The van der Waals surface area contributed by atoms with Gasteiger partial charge in [0.05, 0.1) is 27.0 Å². The highest BCUT2D eigenvalue weighted by Gasteiger charge is 2.03. The maximum Gasteiger partial charge on any atom is 0.161 e. The van der Waals surface area contributed by atoms with E-state index in [1.54, 1.807) is 20.4 Å². The molecule has 0 aromatic heterocycles. The summed E-state index contributed by atoms with van der Waals surface area (Å²) in [6.45, 7) is 0.848. The zero-order valence-electron chi connectivity index (χ0n) is 13.8. The van der Waals surface area contributed by atoms with Crippen LogP contribution in [0, 0.1) is 12.3 Å². The Morgan fingerprint density at radius 3 is 2.50 bits per heavy atom. The minimum absolute atomic E-state index is 0.264. The summed E-state index contributed by atoms with van der Waals surface area (Å²) in [5, 5.41) is 4.21. The van der Waals surface area contributed by atoms with Gasteiger partial charge in [0.25, 0.3) is 0 Å². The zero-order chi connectivity index (χ0) is 17.2. The lowest BCUT2D eigenvalue weighted by Crippen LogP contribution is -2.06. The van der Waals surface area contributed by atoms with Crippen molar-refractivity contribution < 1.29 is 14.2 Å². The van der Waals surface area contributed by atoms with Crippen molar-refractivity contribution >= 4 is 6.21 Å². The third-order valence-corrected chi connectivity index (χ3v) is 3.24. The number of benzene rings is 2. The van der Waals surface area contributed by atoms with E-state index in [4.69, 9.17) is 20.6 Å². The van der Waals surface area contributed by atoms with Gasteiger partial charge in [-0.15, -0.1) is 6.42 Å². The lowest BCUT2D eigenvalue weighted by atomic mass is 10.2. The van der Waals surface area contributed by atoms with Gasteiger partial charge in [-0.05, 0) is 47.5 Å². The predicted molar refractivity (Wildman–Crippen MR) is 94.7 cm³/mol. The van der Waals surface area contributed by atoms with Crippen molar-refractivity contribution in [2.45, 2.75) is 6.54 Å². The molecule has 0 aliphatic heterocycles. The standard InChI is InChI=1S/C19H20N2O3/c1-4-11-24-17-8-5-15(6-9-17)13-20-21-14-16-7-10-18(22-2)19(12-16)23-3/h1,5-10,12-13,21H,11,14H2,2-3H3/b20-13+. The Labute approximate surface area is 142 Å². The Morgan fingerprint density at radius 1 is 1.08 bits per heavy atom. The molecular formula is C19H20N2O3. The van der Waals surface area contributed by atoms with Crippen LogP contribution in [0.25, 0.3) is 0 Å². The van der Waals surface area contributed by atoms with Crippen molar-refractivity contribution in [1.29, 1.82) is 0 Å². The molecule has 0 aliphatic carbocycles. The topological polar surface area (TPSA) is 52.1 Å². The fourth-order valence-corrected chi connectivity index (χ4v) is 2.02. The third-order valence-electron chi connectivity index (χ3n) is 3.24. The SMILES string of the molecule is C#CCOc1ccc(/C=N/NCc2ccc(OC)c(OC)c2)cc1. The van der Waals surface area contributed by atoms with Crippen molar-refractivity contribution in [3.05, 3.63) is 53.6 Å². The first kappa shape index (κ1) is 17.2. The summed E-state index contributed by atoms with van der Waals surface area (Å²) in [6.07, 6.45) is 6.89. The molecule has 24 heavy (non-hydrogen) atoms. The van der Waals surface area contributed by atoms with Crippen molar-refractivity contribution in [1.82, 2.24) is 5.43 Å². The number of hydrogen-bond donors (Lipinski definition) is 1. The minimum atomic E-state index is 0.264. The van der Waals surface area contributed by atoms with E-state index < -0.39 is 0 Å². The average Bonchev–Trinajstić information content (AvgIpc) is 2.64. The number of terminal acetylenes is 1. The molecule has 0 radical (unpaired) electrons. The lowest BCUT2D eigenvalue weighted by Gasteiger charge is -2.09. The van der Waals surface area contributed by atoms with Gasteiger partial charge in [-0.1, -0.05) is 12.0 Å². The normalized spacial score (nSPS) is 10.2. The van der Waals surface area contributed by atoms with Crippen LogP contribution in [0.15, 0.2) is 47.6 Å². The van der Waals surface area contributed by atoms with Crippen LogP contribution >= 0.6 is 0 Å². The molecule has 2 aromatic rings. The molecule has 2 aromatic carbocycles. The van der Waals surface area contributed by atoms with Gasteiger partial charge >= 0.3 is 0 Å². The monoisotopic (exact) mass is 324 g/mol. The van der Waals surface area contributed by atoms with Crippen LogP contribution in [0.3, 0.4) is 0 Å². The van der Waals surface area contributed by atoms with Crippen LogP contribution in [-0.4, -0.2) is 27.0 Å². The molecule has 0 saturated heterocycles. The highest BCUT2D eigenvalue weighted by molar-refractivity contribution is 5.79. The molecule has 0 bridgehead atoms.